The molecular weight excluding hydrogens is 282 g/mol. The molecule has 5 heteroatoms. The molecule has 1 fully saturated rings. The monoisotopic (exact) mass is 305 g/mol. The summed E-state index contributed by atoms with van der Waals surface area (Å²) in [6.07, 6.45) is 1.85. The highest BCUT2D eigenvalue weighted by Crippen LogP contribution is 2.30. The predicted octanol–water partition coefficient (Wildman–Crippen LogP) is 0.475. The molecule has 0 spiro atoms. The van der Waals surface area contributed by atoms with Crippen LogP contribution < -0.4 is 5.32 Å². The van der Waals surface area contributed by atoms with Gasteiger partial charge in [0.05, 0.1) is 12.2 Å². The molecule has 4 N–H and O–H groups in total. The number of aliphatic hydroxyl groups is 3. The quantitative estimate of drug-likeness (QED) is 0.596. The van der Waals surface area contributed by atoms with Crippen LogP contribution in [-0.4, -0.2) is 46.6 Å². The lowest BCUT2D eigenvalue weighted by atomic mass is 10.0. The fourth-order valence-corrected chi connectivity index (χ4v) is 2.75. The standard InChI is InChI=1S/C17H23NO4/c1-11-2-4-12(5-3-11)6-7-15(20)18-9-13-8-14(10-19)17(22)16(13)21/h2-7,13-14,16-17,19,21-22H,8-10H2,1H3,(H,18,20)/b7-6+/t13-,14-,16-,17+/m1/s1. The molecule has 1 saturated carbocycles. The minimum absolute atomic E-state index is 0.157. The first-order valence-corrected chi connectivity index (χ1v) is 7.51. The molecule has 0 heterocycles. The third kappa shape index (κ3) is 4.16. The zero-order chi connectivity index (χ0) is 16.1. The van der Waals surface area contributed by atoms with Crippen LogP contribution >= 0.6 is 0 Å². The highest BCUT2D eigenvalue weighted by Gasteiger charge is 2.40. The van der Waals surface area contributed by atoms with E-state index >= 15 is 0 Å². The molecule has 0 aromatic heterocycles. The van der Waals surface area contributed by atoms with Crippen LogP contribution in [0.3, 0.4) is 0 Å². The van der Waals surface area contributed by atoms with E-state index in [9.17, 15) is 15.0 Å². The number of carbonyl (C=O) groups excluding carboxylic acids is 1. The van der Waals surface area contributed by atoms with Crippen molar-refractivity contribution in [2.24, 2.45) is 11.8 Å². The Morgan fingerprint density at radius 2 is 1.86 bits per heavy atom. The molecule has 1 amide bonds. The van der Waals surface area contributed by atoms with Crippen molar-refractivity contribution in [2.45, 2.75) is 25.6 Å². The average Bonchev–Trinajstić information content (AvgIpc) is 2.80. The Morgan fingerprint density at radius 3 is 2.45 bits per heavy atom. The lowest BCUT2D eigenvalue weighted by Crippen LogP contribution is -2.35. The third-order valence-electron chi connectivity index (χ3n) is 4.20. The van der Waals surface area contributed by atoms with Gasteiger partial charge >= 0.3 is 0 Å². The van der Waals surface area contributed by atoms with Crippen molar-refractivity contribution in [3.05, 3.63) is 41.5 Å². The Morgan fingerprint density at radius 1 is 1.23 bits per heavy atom. The number of aliphatic hydroxyl groups excluding tert-OH is 3. The molecule has 22 heavy (non-hydrogen) atoms. The van der Waals surface area contributed by atoms with Crippen molar-refractivity contribution in [1.29, 1.82) is 0 Å². The van der Waals surface area contributed by atoms with Crippen molar-refractivity contribution in [1.82, 2.24) is 5.32 Å². The van der Waals surface area contributed by atoms with E-state index in [1.807, 2.05) is 31.2 Å². The Hall–Kier alpha value is -1.69. The maximum Gasteiger partial charge on any atom is 0.244 e. The highest BCUT2D eigenvalue weighted by atomic mass is 16.3. The summed E-state index contributed by atoms with van der Waals surface area (Å²) >= 11 is 0. The fourth-order valence-electron chi connectivity index (χ4n) is 2.75. The molecule has 120 valence electrons. The van der Waals surface area contributed by atoms with E-state index in [1.165, 1.54) is 6.08 Å². The molecular formula is C17H23NO4. The molecule has 2 rings (SSSR count). The normalized spacial score (nSPS) is 28.2. The maximum absolute atomic E-state index is 11.8. The Balaban J connectivity index is 1.82. The van der Waals surface area contributed by atoms with Crippen LogP contribution in [0.1, 0.15) is 17.5 Å². The molecule has 1 aliphatic carbocycles. The zero-order valence-corrected chi connectivity index (χ0v) is 12.6. The van der Waals surface area contributed by atoms with Crippen LogP contribution in [0.2, 0.25) is 0 Å². The second-order valence-corrected chi connectivity index (χ2v) is 5.91. The first kappa shape index (κ1) is 16.7. The van der Waals surface area contributed by atoms with Gasteiger partial charge in [0.15, 0.2) is 0 Å². The van der Waals surface area contributed by atoms with E-state index in [-0.39, 0.29) is 30.9 Å². The second-order valence-electron chi connectivity index (χ2n) is 5.91. The largest absolute Gasteiger partial charge is 0.396 e. The van der Waals surface area contributed by atoms with Crippen molar-refractivity contribution >= 4 is 12.0 Å². The van der Waals surface area contributed by atoms with E-state index in [4.69, 9.17) is 5.11 Å². The van der Waals surface area contributed by atoms with Gasteiger partial charge in [-0.25, -0.2) is 0 Å². The van der Waals surface area contributed by atoms with Gasteiger partial charge in [0, 0.05) is 31.1 Å². The van der Waals surface area contributed by atoms with Crippen molar-refractivity contribution < 1.29 is 20.1 Å². The lowest BCUT2D eigenvalue weighted by Gasteiger charge is -2.16. The molecule has 0 radical (unpaired) electrons. The summed E-state index contributed by atoms with van der Waals surface area (Å²) in [5.41, 5.74) is 2.10. The van der Waals surface area contributed by atoms with Gasteiger partial charge in [-0.05, 0) is 25.0 Å². The third-order valence-corrected chi connectivity index (χ3v) is 4.20. The number of nitrogens with one attached hydrogen (secondary N) is 1. The number of amides is 1. The minimum atomic E-state index is -0.921. The molecule has 0 saturated heterocycles. The number of hydrogen-bond acceptors (Lipinski definition) is 4. The van der Waals surface area contributed by atoms with E-state index in [2.05, 4.69) is 5.32 Å². The van der Waals surface area contributed by atoms with Gasteiger partial charge < -0.3 is 20.6 Å². The molecule has 5 nitrogen and oxygen atoms in total. The molecule has 1 aromatic rings. The SMILES string of the molecule is Cc1ccc(/C=C/C(=O)NC[C@H]2C[C@H](CO)[C@H](O)[C@@H]2O)cc1. The zero-order valence-electron chi connectivity index (χ0n) is 12.6. The summed E-state index contributed by atoms with van der Waals surface area (Å²) in [5.74, 6) is -0.793. The van der Waals surface area contributed by atoms with Gasteiger partial charge in [0.2, 0.25) is 5.91 Å². The first-order chi connectivity index (χ1) is 10.5. The van der Waals surface area contributed by atoms with Gasteiger partial charge in [-0.1, -0.05) is 29.8 Å². The Labute approximate surface area is 130 Å². The molecule has 0 aliphatic heterocycles. The Kier molecular flexibility index (Phi) is 5.71. The van der Waals surface area contributed by atoms with Crippen LogP contribution in [0, 0.1) is 18.8 Å². The number of carbonyl (C=O) groups is 1. The van der Waals surface area contributed by atoms with Gasteiger partial charge in [-0.15, -0.1) is 0 Å². The van der Waals surface area contributed by atoms with Gasteiger partial charge in [-0.2, -0.15) is 0 Å². The number of hydrogen-bond donors (Lipinski definition) is 4. The summed E-state index contributed by atoms with van der Waals surface area (Å²) in [4.78, 5) is 11.8. The first-order valence-electron chi connectivity index (χ1n) is 7.51. The molecule has 1 aliphatic rings. The number of rotatable bonds is 5. The van der Waals surface area contributed by atoms with Crippen LogP contribution in [-0.2, 0) is 4.79 Å². The highest BCUT2D eigenvalue weighted by molar-refractivity contribution is 5.91. The summed E-state index contributed by atoms with van der Waals surface area (Å²) < 4.78 is 0. The summed E-state index contributed by atoms with van der Waals surface area (Å²) in [7, 11) is 0. The van der Waals surface area contributed by atoms with Crippen LogP contribution in [0.4, 0.5) is 0 Å². The van der Waals surface area contributed by atoms with Crippen LogP contribution in [0.25, 0.3) is 6.08 Å². The predicted molar refractivity (Wildman–Crippen MR) is 83.9 cm³/mol. The number of benzene rings is 1. The van der Waals surface area contributed by atoms with Gasteiger partial charge in [0.1, 0.15) is 0 Å². The second kappa shape index (κ2) is 7.54. The van der Waals surface area contributed by atoms with Crippen molar-refractivity contribution in [3.63, 3.8) is 0 Å². The lowest BCUT2D eigenvalue weighted by molar-refractivity contribution is -0.116. The fraction of sp³-hybridized carbons (Fsp3) is 0.471. The maximum atomic E-state index is 11.8. The molecule has 1 aromatic carbocycles. The average molecular weight is 305 g/mol. The van der Waals surface area contributed by atoms with E-state index in [0.717, 1.165) is 11.1 Å². The van der Waals surface area contributed by atoms with Crippen LogP contribution in [0.5, 0.6) is 0 Å². The van der Waals surface area contributed by atoms with E-state index in [0.29, 0.717) is 6.42 Å². The Bertz CT molecular complexity index is 526. The van der Waals surface area contributed by atoms with Gasteiger partial charge in [-0.3, -0.25) is 4.79 Å². The van der Waals surface area contributed by atoms with E-state index < -0.39 is 12.2 Å². The smallest absolute Gasteiger partial charge is 0.244 e. The van der Waals surface area contributed by atoms with Crippen molar-refractivity contribution in [3.8, 4) is 0 Å². The molecule has 4 atom stereocenters. The van der Waals surface area contributed by atoms with Crippen molar-refractivity contribution in [2.75, 3.05) is 13.2 Å². The van der Waals surface area contributed by atoms with Crippen LogP contribution in [0.15, 0.2) is 30.3 Å². The van der Waals surface area contributed by atoms with Gasteiger partial charge in [0.25, 0.3) is 0 Å². The topological polar surface area (TPSA) is 89.8 Å². The summed E-state index contributed by atoms with van der Waals surface area (Å²) in [6, 6.07) is 7.82. The van der Waals surface area contributed by atoms with E-state index in [1.54, 1.807) is 6.08 Å². The summed E-state index contributed by atoms with van der Waals surface area (Å²) in [6.45, 7) is 2.13. The number of aryl methyl sites for hydroxylation is 1. The molecule has 0 bridgehead atoms. The molecule has 0 unspecified atom stereocenters. The summed E-state index contributed by atoms with van der Waals surface area (Å²) in [5, 5.41) is 31.4. The minimum Gasteiger partial charge on any atom is -0.396 e.